The number of carbonyl (C=O) groups excluding carboxylic acids is 1. The summed E-state index contributed by atoms with van der Waals surface area (Å²) in [5, 5.41) is 2.13. The lowest BCUT2D eigenvalue weighted by molar-refractivity contribution is -0.139. The molecule has 0 aliphatic heterocycles. The normalized spacial score (nSPS) is 16.4. The minimum Gasteiger partial charge on any atom is -0.341 e. The molecule has 10 heteroatoms. The van der Waals surface area contributed by atoms with E-state index in [2.05, 4.69) is 5.32 Å². The van der Waals surface area contributed by atoms with Gasteiger partial charge < -0.3 is 5.32 Å². The Morgan fingerprint density at radius 3 is 2.16 bits per heavy atom. The van der Waals surface area contributed by atoms with Crippen LogP contribution in [0.5, 0.6) is 0 Å². The monoisotopic (exact) mass is 511 g/mol. The second-order valence-electron chi connectivity index (χ2n) is 7.66. The zero-order chi connectivity index (χ0) is 23.8. The largest absolute Gasteiger partial charge is 0.399 e. The molecule has 1 amide bonds. The predicted octanol–water partition coefficient (Wildman–Crippen LogP) is 7.84. The van der Waals surface area contributed by atoms with Crippen LogP contribution < -0.4 is 5.32 Å². The van der Waals surface area contributed by atoms with Gasteiger partial charge in [-0.1, -0.05) is 59.1 Å². The first kappa shape index (κ1) is 24.8. The summed E-state index contributed by atoms with van der Waals surface area (Å²) in [7, 11) is 0. The SMILES string of the molecule is Cc1cc(/C=C/C(c2cc(Cl)c(Cl)c(Cl)c2)C(F)(F)F)ccc1C(=O)NC1(C(F)F)CC1. The minimum absolute atomic E-state index is 0.0358. The average molecular weight is 513 g/mol. The van der Waals surface area contributed by atoms with E-state index < -0.39 is 30.0 Å². The average Bonchev–Trinajstić information content (AvgIpc) is 3.46. The minimum atomic E-state index is -4.63. The number of halogens is 8. The molecule has 32 heavy (non-hydrogen) atoms. The summed E-state index contributed by atoms with van der Waals surface area (Å²) < 4.78 is 67.1. The van der Waals surface area contributed by atoms with Crippen molar-refractivity contribution in [1.29, 1.82) is 0 Å². The number of amides is 1. The second kappa shape index (κ2) is 9.20. The molecule has 1 aliphatic rings. The van der Waals surface area contributed by atoms with E-state index in [-0.39, 0.29) is 39.0 Å². The number of benzene rings is 2. The zero-order valence-electron chi connectivity index (χ0n) is 16.5. The van der Waals surface area contributed by atoms with Gasteiger partial charge in [-0.15, -0.1) is 0 Å². The van der Waals surface area contributed by atoms with Gasteiger partial charge in [-0.05, 0) is 54.7 Å². The first-order valence-corrected chi connectivity index (χ1v) is 10.6. The van der Waals surface area contributed by atoms with Crippen LogP contribution in [0.1, 0.15) is 45.8 Å². The molecule has 0 aromatic heterocycles. The first-order valence-electron chi connectivity index (χ1n) is 9.45. The van der Waals surface area contributed by atoms with Crippen molar-refractivity contribution in [2.24, 2.45) is 0 Å². The molecule has 2 nitrogen and oxygen atoms in total. The van der Waals surface area contributed by atoms with Crippen LogP contribution in [0.4, 0.5) is 22.0 Å². The van der Waals surface area contributed by atoms with Crippen molar-refractivity contribution in [3.05, 3.63) is 73.7 Å². The van der Waals surface area contributed by atoms with Crippen molar-refractivity contribution < 1.29 is 26.7 Å². The van der Waals surface area contributed by atoms with Crippen molar-refractivity contribution in [3.63, 3.8) is 0 Å². The molecule has 2 aromatic rings. The van der Waals surface area contributed by atoms with E-state index >= 15 is 0 Å². The molecule has 172 valence electrons. The first-order chi connectivity index (χ1) is 14.8. The van der Waals surface area contributed by atoms with E-state index in [0.29, 0.717) is 11.1 Å². The maximum Gasteiger partial charge on any atom is 0.399 e. The third kappa shape index (κ3) is 5.38. The highest BCUT2D eigenvalue weighted by atomic mass is 35.5. The Morgan fingerprint density at radius 1 is 1.09 bits per heavy atom. The van der Waals surface area contributed by atoms with Gasteiger partial charge >= 0.3 is 6.18 Å². The van der Waals surface area contributed by atoms with Gasteiger partial charge in [0.15, 0.2) is 0 Å². The Bertz CT molecular complexity index is 1040. The van der Waals surface area contributed by atoms with Gasteiger partial charge in [0.25, 0.3) is 12.3 Å². The molecule has 0 heterocycles. The number of nitrogens with one attached hydrogen (secondary N) is 1. The van der Waals surface area contributed by atoms with Crippen molar-refractivity contribution in [3.8, 4) is 0 Å². The number of rotatable bonds is 6. The zero-order valence-corrected chi connectivity index (χ0v) is 18.8. The topological polar surface area (TPSA) is 29.1 Å². The van der Waals surface area contributed by atoms with Gasteiger partial charge in [-0.3, -0.25) is 4.79 Å². The van der Waals surface area contributed by atoms with E-state index in [1.807, 2.05) is 0 Å². The van der Waals surface area contributed by atoms with Crippen molar-refractivity contribution in [1.82, 2.24) is 5.32 Å². The van der Waals surface area contributed by atoms with Crippen molar-refractivity contribution in [2.45, 2.75) is 43.8 Å². The van der Waals surface area contributed by atoms with Crippen molar-refractivity contribution >= 4 is 46.8 Å². The van der Waals surface area contributed by atoms with E-state index in [4.69, 9.17) is 34.8 Å². The smallest absolute Gasteiger partial charge is 0.341 e. The lowest BCUT2D eigenvalue weighted by atomic mass is 9.96. The van der Waals surface area contributed by atoms with E-state index in [0.717, 1.165) is 18.2 Å². The highest BCUT2D eigenvalue weighted by Crippen LogP contribution is 2.42. The summed E-state index contributed by atoms with van der Waals surface area (Å²) in [4.78, 5) is 12.4. The Morgan fingerprint density at radius 2 is 1.69 bits per heavy atom. The number of carbonyl (C=O) groups is 1. The fourth-order valence-electron chi connectivity index (χ4n) is 3.24. The third-order valence-corrected chi connectivity index (χ3v) is 6.46. The van der Waals surface area contributed by atoms with Crippen LogP contribution in [0.25, 0.3) is 6.08 Å². The Balaban J connectivity index is 1.84. The molecule has 1 aliphatic carbocycles. The predicted molar refractivity (Wildman–Crippen MR) is 116 cm³/mol. The van der Waals surface area contributed by atoms with Gasteiger partial charge in [0.05, 0.1) is 21.0 Å². The number of alkyl halides is 5. The molecule has 0 bridgehead atoms. The van der Waals surface area contributed by atoms with Crippen LogP contribution in [0.2, 0.25) is 15.1 Å². The summed E-state index contributed by atoms with van der Waals surface area (Å²) >= 11 is 17.6. The number of aryl methyl sites for hydroxylation is 1. The van der Waals surface area contributed by atoms with E-state index in [9.17, 15) is 26.7 Å². The molecular weight excluding hydrogens is 496 g/mol. The van der Waals surface area contributed by atoms with Gasteiger partial charge in [0, 0.05) is 5.56 Å². The molecule has 1 unspecified atom stereocenters. The second-order valence-corrected chi connectivity index (χ2v) is 8.85. The number of hydrogen-bond acceptors (Lipinski definition) is 1. The molecule has 1 saturated carbocycles. The third-order valence-electron chi connectivity index (χ3n) is 5.26. The lowest BCUT2D eigenvalue weighted by Crippen LogP contribution is -2.42. The van der Waals surface area contributed by atoms with E-state index in [1.165, 1.54) is 24.3 Å². The molecular formula is C22H17Cl3F5NO. The molecule has 0 saturated heterocycles. The van der Waals surface area contributed by atoms with Crippen LogP contribution in [0.3, 0.4) is 0 Å². The summed E-state index contributed by atoms with van der Waals surface area (Å²) in [5.74, 6) is -2.65. The fraction of sp³-hybridized carbons (Fsp3) is 0.318. The molecule has 3 rings (SSSR count). The fourth-order valence-corrected chi connectivity index (χ4v) is 3.86. The van der Waals surface area contributed by atoms with Crippen LogP contribution >= 0.6 is 34.8 Å². The highest BCUT2D eigenvalue weighted by Gasteiger charge is 2.52. The number of hydrogen-bond donors (Lipinski definition) is 1. The quantitative estimate of drug-likeness (QED) is 0.310. The molecule has 0 radical (unpaired) electrons. The maximum absolute atomic E-state index is 13.7. The van der Waals surface area contributed by atoms with Gasteiger partial charge in [0.2, 0.25) is 0 Å². The molecule has 0 spiro atoms. The van der Waals surface area contributed by atoms with E-state index in [1.54, 1.807) is 6.92 Å². The van der Waals surface area contributed by atoms with Crippen LogP contribution in [-0.4, -0.2) is 24.0 Å². The van der Waals surface area contributed by atoms with Gasteiger partial charge in [-0.25, -0.2) is 8.78 Å². The Labute approximate surface area is 196 Å². The summed E-state index contributed by atoms with van der Waals surface area (Å²) in [5.41, 5.74) is -0.644. The van der Waals surface area contributed by atoms with Crippen molar-refractivity contribution in [2.75, 3.05) is 0 Å². The Hall–Kier alpha value is -1.83. The van der Waals surface area contributed by atoms with Crippen LogP contribution in [0.15, 0.2) is 36.4 Å². The van der Waals surface area contributed by atoms with Gasteiger partial charge in [0.1, 0.15) is 5.54 Å². The Kier molecular flexibility index (Phi) is 7.13. The summed E-state index contributed by atoms with van der Waals surface area (Å²) in [6, 6.07) is 6.55. The highest BCUT2D eigenvalue weighted by molar-refractivity contribution is 6.48. The molecule has 1 fully saturated rings. The summed E-state index contributed by atoms with van der Waals surface area (Å²) in [6.07, 6.45) is -4.69. The molecule has 1 atom stereocenters. The summed E-state index contributed by atoms with van der Waals surface area (Å²) in [6.45, 7) is 1.58. The van der Waals surface area contributed by atoms with Gasteiger partial charge in [-0.2, -0.15) is 13.2 Å². The number of allylic oxidation sites excluding steroid dienone is 1. The maximum atomic E-state index is 13.7. The standard InChI is InChI=1S/C22H17Cl3F5NO/c1-11-8-12(2-4-14(11)19(32)31-21(6-7-21)20(26)27)3-5-15(22(28,29)30)13-9-16(23)18(25)17(24)10-13/h2-5,8-10,15,20H,6-7H2,1H3,(H,31,32)/b5-3+. The van der Waals surface area contributed by atoms with Crippen LogP contribution in [0, 0.1) is 6.92 Å². The molecule has 2 aromatic carbocycles. The lowest BCUT2D eigenvalue weighted by Gasteiger charge is -2.19. The van der Waals surface area contributed by atoms with Crippen LogP contribution in [-0.2, 0) is 0 Å². The molecule has 1 N–H and O–H groups in total.